The fourth-order valence-corrected chi connectivity index (χ4v) is 4.10. The molecule has 4 rings (SSSR count). The van der Waals surface area contributed by atoms with Crippen LogP contribution in [0.5, 0.6) is 5.75 Å². The largest absolute Gasteiger partial charge is 0.493 e. The van der Waals surface area contributed by atoms with Crippen LogP contribution in [0.4, 0.5) is 4.39 Å². The smallest absolute Gasteiger partial charge is 0.239 e. The van der Waals surface area contributed by atoms with Gasteiger partial charge in [0.05, 0.1) is 18.2 Å². The van der Waals surface area contributed by atoms with E-state index < -0.39 is 0 Å². The van der Waals surface area contributed by atoms with Crippen molar-refractivity contribution in [3.63, 3.8) is 0 Å². The van der Waals surface area contributed by atoms with Crippen molar-refractivity contribution in [1.29, 1.82) is 0 Å². The molecule has 30 heavy (non-hydrogen) atoms. The number of hydrogen-bond acceptors (Lipinski definition) is 4. The zero-order valence-corrected chi connectivity index (χ0v) is 18.3. The van der Waals surface area contributed by atoms with Crippen molar-refractivity contribution in [3.05, 3.63) is 46.7 Å². The molecule has 1 aliphatic rings. The summed E-state index contributed by atoms with van der Waals surface area (Å²) in [5, 5.41) is 11.3. The number of carbonyl (C=O) groups is 1. The highest BCUT2D eigenvalue weighted by molar-refractivity contribution is 9.10. The lowest BCUT2D eigenvalue weighted by Crippen LogP contribution is -2.42. The minimum absolute atomic E-state index is 0.0585. The summed E-state index contributed by atoms with van der Waals surface area (Å²) < 4.78 is 21.4. The molecule has 0 aliphatic carbocycles. The van der Waals surface area contributed by atoms with Crippen LogP contribution < -0.4 is 10.1 Å². The molecule has 1 atom stereocenters. The van der Waals surface area contributed by atoms with Gasteiger partial charge < -0.3 is 15.0 Å². The van der Waals surface area contributed by atoms with Crippen LogP contribution >= 0.6 is 15.9 Å². The van der Waals surface area contributed by atoms with E-state index in [4.69, 9.17) is 4.74 Å². The number of nitrogens with zero attached hydrogens (tertiary/aromatic N) is 2. The van der Waals surface area contributed by atoms with Gasteiger partial charge in [-0.2, -0.15) is 5.10 Å². The number of halogens is 2. The van der Waals surface area contributed by atoms with Crippen molar-refractivity contribution < 1.29 is 13.9 Å². The Morgan fingerprint density at radius 3 is 2.97 bits per heavy atom. The second kappa shape index (κ2) is 9.14. The van der Waals surface area contributed by atoms with Crippen LogP contribution in [-0.4, -0.2) is 53.8 Å². The van der Waals surface area contributed by atoms with E-state index in [2.05, 4.69) is 31.4 Å². The maximum absolute atomic E-state index is 14.7. The van der Waals surface area contributed by atoms with Gasteiger partial charge in [-0.1, -0.05) is 15.9 Å². The van der Waals surface area contributed by atoms with Crippen LogP contribution in [0.15, 0.2) is 40.9 Å². The van der Waals surface area contributed by atoms with Crippen LogP contribution in [0.2, 0.25) is 0 Å². The molecule has 3 aromatic rings. The Morgan fingerprint density at radius 2 is 2.20 bits per heavy atom. The zero-order chi connectivity index (χ0) is 21.1. The number of H-pyrrole nitrogens is 1. The van der Waals surface area contributed by atoms with Crippen molar-refractivity contribution in [1.82, 2.24) is 20.4 Å². The molecule has 158 valence electrons. The molecule has 0 saturated carbocycles. The van der Waals surface area contributed by atoms with Gasteiger partial charge in [-0.15, -0.1) is 0 Å². The molecule has 8 heteroatoms. The normalized spacial score (nSPS) is 16.2. The van der Waals surface area contributed by atoms with E-state index in [1.54, 1.807) is 17.0 Å². The number of rotatable bonds is 7. The molecule has 0 spiro atoms. The molecule has 2 N–H and O–H groups in total. The summed E-state index contributed by atoms with van der Waals surface area (Å²) in [6.45, 7) is 1.92. The standard InChI is InChI=1S/C22H24BrFN4O2/c1-28(22(29)19-4-2-9-25-19)10-3-11-30-15-6-8-16(18(24)13-15)21-17-7-5-14(23)12-20(17)26-27-21/h5-8,12-13,19,25H,2-4,9-11H2,1H3,(H,26,27)/t19-/m1/s1. The van der Waals surface area contributed by atoms with Crippen molar-refractivity contribution in [3.8, 4) is 17.0 Å². The van der Waals surface area contributed by atoms with Crippen LogP contribution in [-0.2, 0) is 4.79 Å². The van der Waals surface area contributed by atoms with Crippen molar-refractivity contribution in [2.75, 3.05) is 26.7 Å². The quantitative estimate of drug-likeness (QED) is 0.505. The molecule has 2 heterocycles. The second-order valence-electron chi connectivity index (χ2n) is 7.51. The van der Waals surface area contributed by atoms with Gasteiger partial charge in [0.1, 0.15) is 17.3 Å². The maximum Gasteiger partial charge on any atom is 0.239 e. The van der Waals surface area contributed by atoms with Crippen molar-refractivity contribution in [2.24, 2.45) is 0 Å². The minimum atomic E-state index is -0.386. The van der Waals surface area contributed by atoms with Gasteiger partial charge in [0.15, 0.2) is 0 Å². The number of aromatic nitrogens is 2. The first-order chi connectivity index (χ1) is 14.5. The molecule has 0 unspecified atom stereocenters. The van der Waals surface area contributed by atoms with Crippen LogP contribution in [0.3, 0.4) is 0 Å². The Morgan fingerprint density at radius 1 is 1.33 bits per heavy atom. The monoisotopic (exact) mass is 474 g/mol. The third kappa shape index (κ3) is 4.49. The predicted molar refractivity (Wildman–Crippen MR) is 118 cm³/mol. The molecular weight excluding hydrogens is 451 g/mol. The van der Waals surface area contributed by atoms with E-state index in [-0.39, 0.29) is 17.8 Å². The van der Waals surface area contributed by atoms with E-state index in [1.165, 1.54) is 6.07 Å². The molecule has 1 aromatic heterocycles. The molecule has 1 amide bonds. The Labute approximate surface area is 182 Å². The third-order valence-corrected chi connectivity index (χ3v) is 5.86. The van der Waals surface area contributed by atoms with Gasteiger partial charge >= 0.3 is 0 Å². The van der Waals surface area contributed by atoms with Gasteiger partial charge in [-0.25, -0.2) is 4.39 Å². The summed E-state index contributed by atoms with van der Waals surface area (Å²) >= 11 is 3.42. The Hall–Kier alpha value is -2.45. The van der Waals surface area contributed by atoms with Gasteiger partial charge in [0.25, 0.3) is 0 Å². The number of likely N-dealkylation sites (N-methyl/N-ethyl adjacent to an activating group) is 1. The molecule has 1 fully saturated rings. The summed E-state index contributed by atoms with van der Waals surface area (Å²) in [5.74, 6) is 0.204. The highest BCUT2D eigenvalue weighted by atomic mass is 79.9. The Kier molecular flexibility index (Phi) is 6.34. The van der Waals surface area contributed by atoms with E-state index in [9.17, 15) is 9.18 Å². The maximum atomic E-state index is 14.7. The number of benzene rings is 2. The van der Waals surface area contributed by atoms with Gasteiger partial charge in [0.2, 0.25) is 5.91 Å². The summed E-state index contributed by atoms with van der Waals surface area (Å²) in [6.07, 6.45) is 2.62. The van der Waals surface area contributed by atoms with Crippen LogP contribution in [0.1, 0.15) is 19.3 Å². The lowest BCUT2D eigenvalue weighted by molar-refractivity contribution is -0.131. The van der Waals surface area contributed by atoms with Gasteiger partial charge in [-0.3, -0.25) is 9.89 Å². The van der Waals surface area contributed by atoms with E-state index in [1.807, 2.05) is 25.2 Å². The first-order valence-corrected chi connectivity index (χ1v) is 10.9. The highest BCUT2D eigenvalue weighted by Gasteiger charge is 2.24. The molecule has 1 aliphatic heterocycles. The van der Waals surface area contributed by atoms with Crippen molar-refractivity contribution in [2.45, 2.75) is 25.3 Å². The Bertz CT molecular complexity index is 1050. The number of aromatic amines is 1. The third-order valence-electron chi connectivity index (χ3n) is 5.36. The van der Waals surface area contributed by atoms with E-state index in [0.29, 0.717) is 36.6 Å². The lowest BCUT2D eigenvalue weighted by atomic mass is 10.1. The average Bonchev–Trinajstić information content (AvgIpc) is 3.40. The highest BCUT2D eigenvalue weighted by Crippen LogP contribution is 2.31. The second-order valence-corrected chi connectivity index (χ2v) is 8.43. The molecule has 0 radical (unpaired) electrons. The topological polar surface area (TPSA) is 70.2 Å². The summed E-state index contributed by atoms with van der Waals surface area (Å²) in [5.41, 5.74) is 1.83. The van der Waals surface area contributed by atoms with E-state index >= 15 is 0 Å². The first kappa shape index (κ1) is 20.8. The van der Waals surface area contributed by atoms with Crippen molar-refractivity contribution >= 4 is 32.7 Å². The molecule has 6 nitrogen and oxygen atoms in total. The van der Waals surface area contributed by atoms with E-state index in [0.717, 1.165) is 34.8 Å². The number of nitrogens with one attached hydrogen (secondary N) is 2. The average molecular weight is 475 g/mol. The number of hydrogen-bond donors (Lipinski definition) is 2. The lowest BCUT2D eigenvalue weighted by Gasteiger charge is -2.21. The SMILES string of the molecule is CN(CCCOc1ccc(-c2n[nH]c3cc(Br)ccc23)c(F)c1)C(=O)[C@H]1CCCN1. The van der Waals surface area contributed by atoms with Gasteiger partial charge in [0, 0.05) is 35.1 Å². The predicted octanol–water partition coefficient (Wildman–Crippen LogP) is 4.11. The summed E-state index contributed by atoms with van der Waals surface area (Å²) in [6, 6.07) is 10.5. The number of amides is 1. The number of carbonyl (C=O) groups excluding carboxylic acids is 1. The molecule has 0 bridgehead atoms. The molecule has 1 saturated heterocycles. The first-order valence-electron chi connectivity index (χ1n) is 10.1. The molecule has 2 aromatic carbocycles. The molecular formula is C22H24BrFN4O2. The summed E-state index contributed by atoms with van der Waals surface area (Å²) in [7, 11) is 1.81. The van der Waals surface area contributed by atoms with Crippen LogP contribution in [0, 0.1) is 5.82 Å². The number of ether oxygens (including phenoxy) is 1. The fourth-order valence-electron chi connectivity index (χ4n) is 3.74. The fraction of sp³-hybridized carbons (Fsp3) is 0.364. The van der Waals surface area contributed by atoms with Gasteiger partial charge in [-0.05, 0) is 56.1 Å². The van der Waals surface area contributed by atoms with Crippen LogP contribution in [0.25, 0.3) is 22.2 Å². The summed E-state index contributed by atoms with van der Waals surface area (Å²) in [4.78, 5) is 14.0. The minimum Gasteiger partial charge on any atom is -0.493 e. The number of fused-ring (bicyclic) bond motifs is 1. The zero-order valence-electron chi connectivity index (χ0n) is 16.8. The Balaban J connectivity index is 1.34.